The predicted molar refractivity (Wildman–Crippen MR) is 73.7 cm³/mol. The van der Waals surface area contributed by atoms with E-state index in [1.807, 2.05) is 17.7 Å². The molecule has 19 heavy (non-hydrogen) atoms. The van der Waals surface area contributed by atoms with Crippen LogP contribution < -0.4 is 0 Å². The van der Waals surface area contributed by atoms with Gasteiger partial charge >= 0.3 is 0 Å². The molecule has 1 aromatic heterocycles. The number of hydrogen-bond acceptors (Lipinski definition) is 2. The van der Waals surface area contributed by atoms with Crippen LogP contribution in [0.1, 0.15) is 57.9 Å². The molecule has 1 atom stereocenters. The van der Waals surface area contributed by atoms with Crippen LogP contribution in [0.15, 0.2) is 18.7 Å². The van der Waals surface area contributed by atoms with E-state index in [4.69, 9.17) is 0 Å². The maximum absolute atomic E-state index is 12.8. The molecule has 0 saturated heterocycles. The molecule has 0 bridgehead atoms. The van der Waals surface area contributed by atoms with Crippen LogP contribution in [0, 0.1) is 0 Å². The summed E-state index contributed by atoms with van der Waals surface area (Å²) in [6.07, 6.45) is 14.0. The van der Waals surface area contributed by atoms with Gasteiger partial charge in [-0.1, -0.05) is 19.3 Å². The fraction of sp³-hybridized carbons (Fsp3) is 0.733. The van der Waals surface area contributed by atoms with Crippen LogP contribution in [0.3, 0.4) is 0 Å². The number of amides is 1. The molecular formula is C15H23N3O. The normalized spacial score (nSPS) is 22.2. The smallest absolute Gasteiger partial charge is 0.245 e. The van der Waals surface area contributed by atoms with E-state index < -0.39 is 0 Å². The lowest BCUT2D eigenvalue weighted by atomic mass is 9.93. The van der Waals surface area contributed by atoms with Crippen LogP contribution >= 0.6 is 0 Å². The second kappa shape index (κ2) is 5.35. The number of imidazole rings is 1. The number of rotatable bonds is 4. The molecule has 4 heteroatoms. The Kier molecular flexibility index (Phi) is 3.58. The molecule has 1 unspecified atom stereocenters. The Morgan fingerprint density at radius 3 is 2.47 bits per heavy atom. The van der Waals surface area contributed by atoms with Gasteiger partial charge < -0.3 is 9.47 Å². The largest absolute Gasteiger partial charge is 0.335 e. The lowest BCUT2D eigenvalue weighted by Crippen LogP contribution is -2.45. The summed E-state index contributed by atoms with van der Waals surface area (Å²) < 4.78 is 1.92. The molecular weight excluding hydrogens is 238 g/mol. The van der Waals surface area contributed by atoms with Gasteiger partial charge in [-0.15, -0.1) is 0 Å². The van der Waals surface area contributed by atoms with Gasteiger partial charge in [-0.3, -0.25) is 4.79 Å². The summed E-state index contributed by atoms with van der Waals surface area (Å²) in [6, 6.07) is 0.881. The number of carbonyl (C=O) groups excluding carboxylic acids is 1. The molecule has 104 valence electrons. The summed E-state index contributed by atoms with van der Waals surface area (Å²) in [4.78, 5) is 19.1. The van der Waals surface area contributed by atoms with Crippen molar-refractivity contribution in [2.24, 2.45) is 0 Å². The lowest BCUT2D eigenvalue weighted by molar-refractivity contribution is -0.138. The number of carbonyl (C=O) groups is 1. The van der Waals surface area contributed by atoms with E-state index in [1.165, 1.54) is 44.9 Å². The molecule has 0 N–H and O–H groups in total. The highest BCUT2D eigenvalue weighted by Gasteiger charge is 2.39. The zero-order valence-electron chi connectivity index (χ0n) is 11.7. The van der Waals surface area contributed by atoms with Crippen molar-refractivity contribution in [3.05, 3.63) is 18.7 Å². The molecule has 0 aliphatic heterocycles. The zero-order valence-corrected chi connectivity index (χ0v) is 11.7. The van der Waals surface area contributed by atoms with Gasteiger partial charge in [0.1, 0.15) is 6.04 Å². The van der Waals surface area contributed by atoms with Crippen molar-refractivity contribution in [2.75, 3.05) is 0 Å². The highest BCUT2D eigenvalue weighted by Crippen LogP contribution is 2.35. The van der Waals surface area contributed by atoms with Crippen molar-refractivity contribution in [1.82, 2.24) is 14.5 Å². The molecule has 0 spiro atoms. The van der Waals surface area contributed by atoms with Crippen LogP contribution in [0.5, 0.6) is 0 Å². The Balaban J connectivity index is 1.74. The summed E-state index contributed by atoms with van der Waals surface area (Å²) in [6.45, 7) is 1.99. The molecule has 4 nitrogen and oxygen atoms in total. The topological polar surface area (TPSA) is 38.1 Å². The highest BCUT2D eigenvalue weighted by molar-refractivity contribution is 5.81. The minimum absolute atomic E-state index is 0.120. The first-order valence-electron chi connectivity index (χ1n) is 7.57. The van der Waals surface area contributed by atoms with Crippen LogP contribution in [0.25, 0.3) is 0 Å². The van der Waals surface area contributed by atoms with Gasteiger partial charge in [-0.2, -0.15) is 0 Å². The van der Waals surface area contributed by atoms with Gasteiger partial charge in [0.25, 0.3) is 0 Å². The summed E-state index contributed by atoms with van der Waals surface area (Å²) in [5, 5.41) is 0. The SMILES string of the molecule is CC(C(=O)N(C1CCCCC1)C1CC1)n1ccnc1. The Morgan fingerprint density at radius 2 is 1.89 bits per heavy atom. The van der Waals surface area contributed by atoms with E-state index in [0.717, 1.165) is 0 Å². The van der Waals surface area contributed by atoms with Gasteiger partial charge in [-0.05, 0) is 32.6 Å². The molecule has 2 saturated carbocycles. The first-order valence-corrected chi connectivity index (χ1v) is 7.57. The monoisotopic (exact) mass is 261 g/mol. The van der Waals surface area contributed by atoms with Crippen molar-refractivity contribution in [2.45, 2.75) is 70.0 Å². The maximum Gasteiger partial charge on any atom is 0.245 e. The molecule has 2 aliphatic carbocycles. The fourth-order valence-corrected chi connectivity index (χ4v) is 3.21. The summed E-state index contributed by atoms with van der Waals surface area (Å²) in [7, 11) is 0. The maximum atomic E-state index is 12.8. The standard InChI is InChI=1S/C15H23N3O/c1-12(17-10-9-16-11-17)15(19)18(14-7-8-14)13-5-3-2-4-6-13/h9-14H,2-8H2,1H3. The van der Waals surface area contributed by atoms with Crippen molar-refractivity contribution in [3.63, 3.8) is 0 Å². The van der Waals surface area contributed by atoms with E-state index in [-0.39, 0.29) is 11.9 Å². The average molecular weight is 261 g/mol. The first-order chi connectivity index (χ1) is 9.27. The number of hydrogen-bond donors (Lipinski definition) is 0. The zero-order chi connectivity index (χ0) is 13.2. The fourth-order valence-electron chi connectivity index (χ4n) is 3.21. The second-order valence-corrected chi connectivity index (χ2v) is 5.95. The predicted octanol–water partition coefficient (Wildman–Crippen LogP) is 2.77. The Morgan fingerprint density at radius 1 is 1.21 bits per heavy atom. The molecule has 3 rings (SSSR count). The molecule has 0 radical (unpaired) electrons. The van der Waals surface area contributed by atoms with Gasteiger partial charge in [0, 0.05) is 24.5 Å². The minimum Gasteiger partial charge on any atom is -0.335 e. The Hall–Kier alpha value is -1.32. The lowest BCUT2D eigenvalue weighted by Gasteiger charge is -2.36. The second-order valence-electron chi connectivity index (χ2n) is 5.95. The van der Waals surface area contributed by atoms with Crippen molar-refractivity contribution in [3.8, 4) is 0 Å². The Bertz CT molecular complexity index is 419. The third-order valence-electron chi connectivity index (χ3n) is 4.49. The average Bonchev–Trinajstić information content (AvgIpc) is 3.12. The van der Waals surface area contributed by atoms with Crippen molar-refractivity contribution >= 4 is 5.91 Å². The van der Waals surface area contributed by atoms with E-state index in [9.17, 15) is 4.79 Å². The van der Waals surface area contributed by atoms with E-state index in [0.29, 0.717) is 12.1 Å². The summed E-state index contributed by atoms with van der Waals surface area (Å²) in [5.41, 5.74) is 0. The number of nitrogens with zero attached hydrogens (tertiary/aromatic N) is 3. The molecule has 1 amide bonds. The quantitative estimate of drug-likeness (QED) is 0.836. The van der Waals surface area contributed by atoms with Crippen LogP contribution in [-0.4, -0.2) is 32.4 Å². The molecule has 0 aromatic carbocycles. The molecule has 1 heterocycles. The highest BCUT2D eigenvalue weighted by atomic mass is 16.2. The molecule has 1 aromatic rings. The van der Waals surface area contributed by atoms with Gasteiger partial charge in [0.15, 0.2) is 0 Å². The van der Waals surface area contributed by atoms with E-state index in [2.05, 4.69) is 9.88 Å². The molecule has 2 aliphatic rings. The van der Waals surface area contributed by atoms with Crippen LogP contribution in [0.2, 0.25) is 0 Å². The first kappa shape index (κ1) is 12.7. The Labute approximate surface area is 114 Å². The van der Waals surface area contributed by atoms with E-state index >= 15 is 0 Å². The van der Waals surface area contributed by atoms with Gasteiger partial charge in [-0.25, -0.2) is 4.98 Å². The van der Waals surface area contributed by atoms with Crippen molar-refractivity contribution < 1.29 is 4.79 Å². The third kappa shape index (κ3) is 2.67. The van der Waals surface area contributed by atoms with Gasteiger partial charge in [0.2, 0.25) is 5.91 Å². The van der Waals surface area contributed by atoms with Gasteiger partial charge in [0.05, 0.1) is 6.33 Å². The number of aromatic nitrogens is 2. The van der Waals surface area contributed by atoms with Crippen LogP contribution in [-0.2, 0) is 4.79 Å². The molecule has 2 fully saturated rings. The minimum atomic E-state index is -0.120. The summed E-state index contributed by atoms with van der Waals surface area (Å²) >= 11 is 0. The summed E-state index contributed by atoms with van der Waals surface area (Å²) in [5.74, 6) is 0.285. The van der Waals surface area contributed by atoms with Crippen LogP contribution in [0.4, 0.5) is 0 Å². The third-order valence-corrected chi connectivity index (χ3v) is 4.49. The van der Waals surface area contributed by atoms with Crippen molar-refractivity contribution in [1.29, 1.82) is 0 Å². The van der Waals surface area contributed by atoms with E-state index in [1.54, 1.807) is 12.5 Å².